The first-order valence-electron chi connectivity index (χ1n) is 9.43. The Morgan fingerprint density at radius 1 is 0.531 bits per heavy atom. The van der Waals surface area contributed by atoms with Gasteiger partial charge in [0, 0.05) is 27.3 Å². The van der Waals surface area contributed by atoms with E-state index in [9.17, 15) is 14.4 Å². The molecule has 32 heavy (non-hydrogen) atoms. The summed E-state index contributed by atoms with van der Waals surface area (Å²) < 4.78 is 0. The van der Waals surface area contributed by atoms with Crippen molar-refractivity contribution in [1.82, 2.24) is 0 Å². The summed E-state index contributed by atoms with van der Waals surface area (Å²) in [6.07, 6.45) is 0. The van der Waals surface area contributed by atoms with Crippen molar-refractivity contribution >= 4 is 17.9 Å². The zero-order valence-corrected chi connectivity index (χ0v) is 22.4. The molecule has 0 fully saturated rings. The third kappa shape index (κ3) is 10.9. The average Bonchev–Trinajstić information content (AvgIpc) is 2.75. The van der Waals surface area contributed by atoms with Gasteiger partial charge in [-0.05, 0) is 47.4 Å². The molecule has 0 aliphatic carbocycles. The Balaban J connectivity index is 0.000000455. The van der Waals surface area contributed by atoms with Gasteiger partial charge in [0.2, 0.25) is 0 Å². The Morgan fingerprint density at radius 3 is 1.03 bits per heavy atom. The molecule has 3 aromatic rings. The molecule has 164 valence electrons. The third-order valence-electron chi connectivity index (χ3n) is 4.04. The summed E-state index contributed by atoms with van der Waals surface area (Å²) in [5.74, 6) is -2.63. The first kappa shape index (κ1) is 29.0. The van der Waals surface area contributed by atoms with Gasteiger partial charge in [-0.3, -0.25) is 0 Å². The average molecular weight is 535 g/mol. The van der Waals surface area contributed by atoms with E-state index in [0.717, 1.165) is 5.56 Å². The summed E-state index contributed by atoms with van der Waals surface area (Å²) in [6.45, 7) is 6.30. The van der Waals surface area contributed by atoms with E-state index in [1.807, 2.05) is 12.1 Å². The topological polar surface area (TPSA) is 112 Å². The van der Waals surface area contributed by atoms with Crippen LogP contribution in [0.15, 0.2) is 84.9 Å². The second kappa shape index (κ2) is 14.1. The molecule has 0 radical (unpaired) electrons. The number of carbonyl (C=O) groups is 3. The predicted octanol–water partition coefficient (Wildman–Crippen LogP) is 5.45. The number of carboxylic acid groups (broad SMARTS) is 3. The third-order valence-corrected chi connectivity index (χ3v) is 4.04. The zero-order chi connectivity index (χ0) is 23.4. The maximum atomic E-state index is 10.6. The molecule has 0 spiro atoms. The SMILES string of the molecule is CC(C)(C)c1ccc(C(=O)O)cc1.O=C(O)c1ccccc1.O=C(O)c1ccccc1.[Cd]. The summed E-state index contributed by atoms with van der Waals surface area (Å²) in [6, 6.07) is 23.6. The number of benzene rings is 3. The minimum atomic E-state index is -0.879. The molecule has 0 bridgehead atoms. The van der Waals surface area contributed by atoms with Crippen molar-refractivity contribution in [2.45, 2.75) is 26.2 Å². The second-order valence-corrected chi connectivity index (χ2v) is 7.47. The van der Waals surface area contributed by atoms with E-state index < -0.39 is 17.9 Å². The van der Waals surface area contributed by atoms with Crippen molar-refractivity contribution < 1.29 is 57.0 Å². The molecule has 7 heteroatoms. The van der Waals surface area contributed by atoms with Crippen LogP contribution in [-0.2, 0) is 32.7 Å². The molecule has 0 amide bonds. The van der Waals surface area contributed by atoms with E-state index >= 15 is 0 Å². The molecule has 3 aromatic carbocycles. The van der Waals surface area contributed by atoms with Crippen LogP contribution in [0.5, 0.6) is 0 Å². The normalized spacial score (nSPS) is 9.59. The summed E-state index contributed by atoms with van der Waals surface area (Å²) in [7, 11) is 0. The number of carboxylic acids is 3. The Kier molecular flexibility index (Phi) is 12.8. The van der Waals surface area contributed by atoms with Crippen molar-refractivity contribution in [2.75, 3.05) is 0 Å². The number of hydrogen-bond acceptors (Lipinski definition) is 3. The maximum Gasteiger partial charge on any atom is 0.335 e. The summed E-state index contributed by atoms with van der Waals surface area (Å²) in [4.78, 5) is 31.0. The minimum absolute atomic E-state index is 0. The van der Waals surface area contributed by atoms with Crippen molar-refractivity contribution in [3.05, 3.63) is 107 Å². The Bertz CT molecular complexity index is 929. The van der Waals surface area contributed by atoms with Crippen molar-refractivity contribution in [3.8, 4) is 0 Å². The van der Waals surface area contributed by atoms with Crippen LogP contribution in [0.25, 0.3) is 0 Å². The fraction of sp³-hybridized carbons (Fsp3) is 0.160. The van der Waals surface area contributed by atoms with Gasteiger partial charge in [-0.25, -0.2) is 14.4 Å². The number of aromatic carboxylic acids is 3. The van der Waals surface area contributed by atoms with E-state index in [4.69, 9.17) is 15.3 Å². The standard InChI is InChI=1S/C11H14O2.2C7H6O2.Cd/c1-11(2,3)9-6-4-8(5-7-9)10(12)13;2*8-7(9)6-4-2-1-3-5-6;/h4-7H,1-3H3,(H,12,13);2*1-5H,(H,8,9);. The minimum Gasteiger partial charge on any atom is -0.478 e. The molecule has 0 unspecified atom stereocenters. The Morgan fingerprint density at radius 2 is 0.812 bits per heavy atom. The van der Waals surface area contributed by atoms with Crippen molar-refractivity contribution in [1.29, 1.82) is 0 Å². The molecular weight excluding hydrogens is 509 g/mol. The Hall–Kier alpha value is -3.01. The molecule has 0 aliphatic heterocycles. The molecule has 0 aromatic heterocycles. The van der Waals surface area contributed by atoms with Gasteiger partial charge in [-0.15, -0.1) is 0 Å². The number of hydrogen-bond donors (Lipinski definition) is 3. The van der Waals surface area contributed by atoms with E-state index in [1.54, 1.807) is 72.8 Å². The molecule has 3 rings (SSSR count). The van der Waals surface area contributed by atoms with Gasteiger partial charge < -0.3 is 15.3 Å². The number of rotatable bonds is 3. The van der Waals surface area contributed by atoms with Gasteiger partial charge in [0.15, 0.2) is 0 Å². The molecule has 6 nitrogen and oxygen atoms in total. The summed E-state index contributed by atoms with van der Waals surface area (Å²) in [5, 5.41) is 25.4. The van der Waals surface area contributed by atoms with Gasteiger partial charge >= 0.3 is 17.9 Å². The van der Waals surface area contributed by atoms with Crippen LogP contribution in [0, 0.1) is 0 Å². The van der Waals surface area contributed by atoms with Crippen LogP contribution in [-0.4, -0.2) is 33.2 Å². The predicted molar refractivity (Wildman–Crippen MR) is 119 cm³/mol. The fourth-order valence-electron chi connectivity index (χ4n) is 2.27. The van der Waals surface area contributed by atoms with E-state index in [-0.39, 0.29) is 32.7 Å². The van der Waals surface area contributed by atoms with Crippen LogP contribution in [0.2, 0.25) is 0 Å². The van der Waals surface area contributed by atoms with Crippen LogP contribution >= 0.6 is 0 Å². The van der Waals surface area contributed by atoms with Crippen LogP contribution < -0.4 is 0 Å². The first-order chi connectivity index (χ1) is 14.5. The Labute approximate surface area is 207 Å². The first-order valence-corrected chi connectivity index (χ1v) is 9.43. The molecule has 3 N–H and O–H groups in total. The van der Waals surface area contributed by atoms with Gasteiger partial charge in [0.05, 0.1) is 16.7 Å². The van der Waals surface area contributed by atoms with Crippen molar-refractivity contribution in [3.63, 3.8) is 0 Å². The van der Waals surface area contributed by atoms with Crippen LogP contribution in [0.1, 0.15) is 57.4 Å². The molecule has 0 saturated heterocycles. The van der Waals surface area contributed by atoms with Gasteiger partial charge in [0.1, 0.15) is 0 Å². The molecule has 0 atom stereocenters. The van der Waals surface area contributed by atoms with Crippen molar-refractivity contribution in [2.24, 2.45) is 0 Å². The molecule has 0 heterocycles. The van der Waals surface area contributed by atoms with E-state index in [0.29, 0.717) is 16.7 Å². The smallest absolute Gasteiger partial charge is 0.335 e. The van der Waals surface area contributed by atoms with E-state index in [1.165, 1.54) is 0 Å². The molecule has 0 saturated carbocycles. The van der Waals surface area contributed by atoms with Crippen LogP contribution in [0.4, 0.5) is 0 Å². The zero-order valence-electron chi connectivity index (χ0n) is 18.4. The van der Waals surface area contributed by atoms with E-state index in [2.05, 4.69) is 20.8 Å². The van der Waals surface area contributed by atoms with Crippen LogP contribution in [0.3, 0.4) is 0 Å². The fourth-order valence-corrected chi connectivity index (χ4v) is 2.27. The largest absolute Gasteiger partial charge is 0.478 e. The van der Waals surface area contributed by atoms with Gasteiger partial charge in [-0.2, -0.15) is 0 Å². The van der Waals surface area contributed by atoms with Gasteiger partial charge in [-0.1, -0.05) is 69.3 Å². The molecule has 0 aliphatic rings. The second-order valence-electron chi connectivity index (χ2n) is 7.47. The van der Waals surface area contributed by atoms with Gasteiger partial charge in [0.25, 0.3) is 0 Å². The summed E-state index contributed by atoms with van der Waals surface area (Å²) in [5.41, 5.74) is 2.23. The maximum absolute atomic E-state index is 10.6. The quantitative estimate of drug-likeness (QED) is 0.385. The monoisotopic (exact) mass is 536 g/mol. The summed E-state index contributed by atoms with van der Waals surface area (Å²) >= 11 is 0. The molecular formula is C25H26CdO6.